The van der Waals surface area contributed by atoms with Gasteiger partial charge in [-0.05, 0) is 0 Å². The van der Waals surface area contributed by atoms with E-state index < -0.39 is 0 Å². The molecule has 0 spiro atoms. The van der Waals surface area contributed by atoms with Gasteiger partial charge in [0.2, 0.25) is 0 Å². The second kappa shape index (κ2) is 5.12. The summed E-state index contributed by atoms with van der Waals surface area (Å²) in [6.45, 7) is 3.50. The number of aromatic nitrogens is 1. The van der Waals surface area contributed by atoms with Crippen LogP contribution in [0.2, 0.25) is 0 Å². The Bertz CT molecular complexity index is 93.3. The molecule has 0 atom stereocenters. The molecular formula is C4H4N2S. The third kappa shape index (κ3) is 2.94. The lowest BCUT2D eigenvalue weighted by molar-refractivity contribution is 1.43. The van der Waals surface area contributed by atoms with Crippen molar-refractivity contribution in [3.63, 3.8) is 0 Å². The van der Waals surface area contributed by atoms with Gasteiger partial charge in [-0.3, -0.25) is 4.98 Å². The van der Waals surface area contributed by atoms with Crippen LogP contribution in [0.4, 0.5) is 0 Å². The first-order valence-electron chi connectivity index (χ1n) is 1.58. The fourth-order valence-corrected chi connectivity index (χ4v) is 0.527. The van der Waals surface area contributed by atoms with Crippen molar-refractivity contribution in [3.05, 3.63) is 17.1 Å². The molecule has 2 nitrogen and oxygen atoms in total. The molecule has 1 aromatic heterocycles. The third-order valence-electron chi connectivity index (χ3n) is 0.347. The first-order chi connectivity index (χ1) is 3.50. The van der Waals surface area contributed by atoms with Crippen LogP contribution >= 0.6 is 11.3 Å². The second-order valence-electron chi connectivity index (χ2n) is 0.676. The summed E-state index contributed by atoms with van der Waals surface area (Å²) in [7, 11) is 0. The number of thiazole rings is 1. The maximum absolute atomic E-state index is 6.50. The summed E-state index contributed by atoms with van der Waals surface area (Å²) in [5.41, 5.74) is 1.79. The van der Waals surface area contributed by atoms with Gasteiger partial charge in [-0.1, -0.05) is 0 Å². The molecule has 1 rings (SSSR count). The predicted octanol–water partition coefficient (Wildman–Crippen LogP) is 1.28. The van der Waals surface area contributed by atoms with Crippen molar-refractivity contribution in [2.75, 3.05) is 0 Å². The van der Waals surface area contributed by atoms with Gasteiger partial charge in [0.25, 0.3) is 0 Å². The summed E-state index contributed by atoms with van der Waals surface area (Å²) < 4.78 is 0. The second-order valence-corrected chi connectivity index (χ2v) is 1.43. The summed E-state index contributed by atoms with van der Waals surface area (Å²) in [5.74, 6) is 0. The van der Waals surface area contributed by atoms with E-state index in [0.29, 0.717) is 0 Å². The van der Waals surface area contributed by atoms with Gasteiger partial charge in [0, 0.05) is 18.1 Å². The topological polar surface area (TPSA) is 36.7 Å². The van der Waals surface area contributed by atoms with Gasteiger partial charge in [-0.15, -0.1) is 11.3 Å². The Morgan fingerprint density at radius 3 is 2.43 bits per heavy atom. The van der Waals surface area contributed by atoms with E-state index in [1.54, 1.807) is 23.0 Å². The van der Waals surface area contributed by atoms with Crippen molar-refractivity contribution in [2.45, 2.75) is 0 Å². The molecule has 0 saturated heterocycles. The van der Waals surface area contributed by atoms with Crippen LogP contribution in [0.15, 0.2) is 17.1 Å². The van der Waals surface area contributed by atoms with Crippen molar-refractivity contribution in [1.82, 2.24) is 4.98 Å². The maximum atomic E-state index is 6.50. The Kier molecular flexibility index (Phi) is 4.48. The van der Waals surface area contributed by atoms with E-state index in [-0.39, 0.29) is 0 Å². The summed E-state index contributed by atoms with van der Waals surface area (Å²) >= 11 is 1.60. The predicted molar refractivity (Wildman–Crippen MR) is 28.8 cm³/mol. The number of hydrogen-bond acceptors (Lipinski definition) is 3. The Hall–Kier alpha value is -0.880. The highest BCUT2D eigenvalue weighted by Gasteiger charge is 1.59. The Morgan fingerprint density at radius 2 is 2.29 bits per heavy atom. The number of nitrogens with zero attached hydrogens (tertiary/aromatic N) is 2. The van der Waals surface area contributed by atoms with Gasteiger partial charge in [0.15, 0.2) is 0 Å². The first kappa shape index (κ1) is 6.12. The van der Waals surface area contributed by atoms with Crippen molar-refractivity contribution < 1.29 is 0 Å². The van der Waals surface area contributed by atoms with Crippen LogP contribution in [-0.4, -0.2) is 4.98 Å². The zero-order chi connectivity index (χ0) is 5.54. The van der Waals surface area contributed by atoms with E-state index >= 15 is 0 Å². The lowest BCUT2D eigenvalue weighted by Crippen LogP contribution is -1.38. The fourth-order valence-electron chi connectivity index (χ4n) is 0.176. The van der Waals surface area contributed by atoms with Crippen molar-refractivity contribution in [2.24, 2.45) is 0 Å². The molecule has 0 aliphatic rings. The summed E-state index contributed by atoms with van der Waals surface area (Å²) in [4.78, 5) is 3.74. The molecule has 0 radical (unpaired) electrons. The van der Waals surface area contributed by atoms with Gasteiger partial charge in [0.05, 0.1) is 5.51 Å². The highest BCUT2D eigenvalue weighted by atomic mass is 32.1. The molecular weight excluding hydrogens is 108 g/mol. The van der Waals surface area contributed by atoms with Crippen molar-refractivity contribution in [1.29, 1.82) is 5.26 Å². The normalized spacial score (nSPS) is 6.00. The molecule has 0 aliphatic heterocycles. The fraction of sp³-hybridized carbons (Fsp3) is 0. The van der Waals surface area contributed by atoms with Crippen molar-refractivity contribution in [3.8, 4) is 6.57 Å². The highest BCUT2D eigenvalue weighted by molar-refractivity contribution is 7.07. The lowest BCUT2D eigenvalue weighted by atomic mass is 11.0. The molecule has 3 heteroatoms. The Labute approximate surface area is 46.1 Å². The third-order valence-corrected chi connectivity index (χ3v) is 0.869. The number of nitriles is 1. The molecule has 36 valence electrons. The van der Waals surface area contributed by atoms with E-state index in [1.165, 1.54) is 0 Å². The number of rotatable bonds is 0. The molecule has 7 heavy (non-hydrogen) atoms. The molecule has 1 aromatic rings. The van der Waals surface area contributed by atoms with Gasteiger partial charge < -0.3 is 0 Å². The first-order valence-corrected chi connectivity index (χ1v) is 2.52. The standard InChI is InChI=1S/C3H3NS.CHN/c1-2-5-3-4-1;1-2/h1-3H;1H. The maximum Gasteiger partial charge on any atom is 0.0791 e. The zero-order valence-electron chi connectivity index (χ0n) is 3.61. The van der Waals surface area contributed by atoms with Crippen LogP contribution in [-0.2, 0) is 0 Å². The largest absolute Gasteiger partial charge is 0.253 e. The van der Waals surface area contributed by atoms with E-state index in [0.717, 1.165) is 0 Å². The van der Waals surface area contributed by atoms with Crippen molar-refractivity contribution >= 4 is 11.3 Å². The molecule has 0 unspecified atom stereocenters. The van der Waals surface area contributed by atoms with E-state index in [4.69, 9.17) is 5.26 Å². The minimum atomic E-state index is 1.60. The SMILES string of the molecule is C#N.c1cscn1. The van der Waals surface area contributed by atoms with Gasteiger partial charge in [-0.25, -0.2) is 5.26 Å². The molecule has 0 amide bonds. The van der Waals surface area contributed by atoms with Crippen LogP contribution in [0.25, 0.3) is 0 Å². The lowest BCUT2D eigenvalue weighted by Gasteiger charge is -1.41. The Balaban J connectivity index is 0.000000162. The average Bonchev–Trinajstić information content (AvgIpc) is 2.23. The van der Waals surface area contributed by atoms with Gasteiger partial charge >= 0.3 is 0 Å². The van der Waals surface area contributed by atoms with Crippen LogP contribution in [0.5, 0.6) is 0 Å². The van der Waals surface area contributed by atoms with Crippen LogP contribution < -0.4 is 0 Å². The number of hydrogen-bond donors (Lipinski definition) is 0. The monoisotopic (exact) mass is 112 g/mol. The molecule has 0 aromatic carbocycles. The average molecular weight is 112 g/mol. The minimum absolute atomic E-state index is 1.60. The molecule has 0 fully saturated rings. The van der Waals surface area contributed by atoms with E-state index in [1.807, 2.05) is 5.38 Å². The van der Waals surface area contributed by atoms with Crippen LogP contribution in [0.3, 0.4) is 0 Å². The Morgan fingerprint density at radius 1 is 1.57 bits per heavy atom. The molecule has 0 saturated carbocycles. The molecule has 0 N–H and O–H groups in total. The van der Waals surface area contributed by atoms with Gasteiger partial charge in [0.1, 0.15) is 0 Å². The molecule has 1 heterocycles. The van der Waals surface area contributed by atoms with E-state index in [2.05, 4.69) is 11.6 Å². The zero-order valence-corrected chi connectivity index (χ0v) is 4.43. The molecule has 0 bridgehead atoms. The summed E-state index contributed by atoms with van der Waals surface area (Å²) in [5, 5.41) is 8.43. The minimum Gasteiger partial charge on any atom is -0.253 e. The molecule has 0 aliphatic carbocycles. The highest BCUT2D eigenvalue weighted by Crippen LogP contribution is 1.85. The van der Waals surface area contributed by atoms with Crippen LogP contribution in [0, 0.1) is 11.8 Å². The smallest absolute Gasteiger partial charge is 0.0791 e. The van der Waals surface area contributed by atoms with Crippen LogP contribution in [0.1, 0.15) is 0 Å². The quantitative estimate of drug-likeness (QED) is 0.507. The van der Waals surface area contributed by atoms with Gasteiger partial charge in [-0.2, -0.15) is 0 Å². The summed E-state index contributed by atoms with van der Waals surface area (Å²) in [6.07, 6.45) is 1.77. The summed E-state index contributed by atoms with van der Waals surface area (Å²) in [6, 6.07) is 0. The van der Waals surface area contributed by atoms with E-state index in [9.17, 15) is 0 Å².